The number of anilines is 1. The highest BCUT2D eigenvalue weighted by atomic mass is 35.5. The van der Waals surface area contributed by atoms with E-state index in [1.807, 2.05) is 12.1 Å². The second-order valence-corrected chi connectivity index (χ2v) is 9.35. The van der Waals surface area contributed by atoms with Gasteiger partial charge in [-0.1, -0.05) is 29.8 Å². The zero-order chi connectivity index (χ0) is 20.4. The summed E-state index contributed by atoms with van der Waals surface area (Å²) in [5, 5.41) is 4.26. The van der Waals surface area contributed by atoms with Crippen LogP contribution in [0, 0.1) is 5.92 Å². The number of para-hydroxylation sites is 1. The predicted octanol–water partition coefficient (Wildman–Crippen LogP) is 3.93. The standard InChI is InChI=1S/C21H20ClN3O3S/c22-17-6-8-18(9-7-17)24-21(26)16-10-13-25(14-11-16)29(27,28)19-5-1-3-15-4-2-12-23-20(15)19/h1-9,12,16H,10-11,13-14H2,(H,24,26). The van der Waals surface area contributed by atoms with Crippen molar-refractivity contribution in [1.29, 1.82) is 0 Å². The number of halogens is 1. The molecule has 0 saturated carbocycles. The van der Waals surface area contributed by atoms with E-state index in [0.29, 0.717) is 42.2 Å². The lowest BCUT2D eigenvalue weighted by atomic mass is 9.97. The Morgan fingerprint density at radius 3 is 2.45 bits per heavy atom. The molecule has 1 amide bonds. The third kappa shape index (κ3) is 4.12. The summed E-state index contributed by atoms with van der Waals surface area (Å²) in [6.07, 6.45) is 2.53. The molecule has 0 bridgehead atoms. The van der Waals surface area contributed by atoms with E-state index < -0.39 is 10.0 Å². The molecule has 6 nitrogen and oxygen atoms in total. The second-order valence-electron chi connectivity index (χ2n) is 7.01. The molecule has 2 aromatic carbocycles. The van der Waals surface area contributed by atoms with Crippen molar-refractivity contribution in [2.45, 2.75) is 17.7 Å². The minimum atomic E-state index is -3.68. The first-order chi connectivity index (χ1) is 13.9. The van der Waals surface area contributed by atoms with Gasteiger partial charge in [0.15, 0.2) is 0 Å². The van der Waals surface area contributed by atoms with Gasteiger partial charge in [-0.25, -0.2) is 8.42 Å². The molecular weight excluding hydrogens is 410 g/mol. The van der Waals surface area contributed by atoms with Crippen LogP contribution in [0.25, 0.3) is 10.9 Å². The third-order valence-corrected chi connectivity index (χ3v) is 7.33. The zero-order valence-corrected chi connectivity index (χ0v) is 17.2. The molecule has 0 unspecified atom stereocenters. The molecule has 1 N–H and O–H groups in total. The first-order valence-corrected chi connectivity index (χ1v) is 11.2. The molecule has 1 aliphatic rings. The van der Waals surface area contributed by atoms with Crippen molar-refractivity contribution >= 4 is 44.1 Å². The van der Waals surface area contributed by atoms with E-state index in [4.69, 9.17) is 11.6 Å². The molecule has 0 radical (unpaired) electrons. The van der Waals surface area contributed by atoms with Crippen molar-refractivity contribution in [3.63, 3.8) is 0 Å². The Morgan fingerprint density at radius 1 is 1.03 bits per heavy atom. The van der Waals surface area contributed by atoms with Gasteiger partial charge in [-0.2, -0.15) is 4.31 Å². The fourth-order valence-corrected chi connectivity index (χ4v) is 5.32. The fourth-order valence-electron chi connectivity index (χ4n) is 3.56. The number of benzene rings is 2. The highest BCUT2D eigenvalue weighted by molar-refractivity contribution is 7.89. The summed E-state index contributed by atoms with van der Waals surface area (Å²) < 4.78 is 27.8. The van der Waals surface area contributed by atoms with Crippen molar-refractivity contribution < 1.29 is 13.2 Å². The van der Waals surface area contributed by atoms with E-state index in [9.17, 15) is 13.2 Å². The smallest absolute Gasteiger partial charge is 0.245 e. The molecule has 1 aliphatic heterocycles. The van der Waals surface area contributed by atoms with Crippen LogP contribution in [0.15, 0.2) is 65.7 Å². The molecule has 1 fully saturated rings. The molecule has 4 rings (SSSR count). The summed E-state index contributed by atoms with van der Waals surface area (Å²) >= 11 is 5.86. The van der Waals surface area contributed by atoms with Gasteiger partial charge in [-0.15, -0.1) is 0 Å². The quantitative estimate of drug-likeness (QED) is 0.681. The van der Waals surface area contributed by atoms with E-state index in [-0.39, 0.29) is 16.7 Å². The summed E-state index contributed by atoms with van der Waals surface area (Å²) in [7, 11) is -3.68. The van der Waals surface area contributed by atoms with Gasteiger partial charge in [0.1, 0.15) is 4.90 Å². The van der Waals surface area contributed by atoms with E-state index in [1.165, 1.54) is 4.31 Å². The fraction of sp³-hybridized carbons (Fsp3) is 0.238. The van der Waals surface area contributed by atoms with Crippen LogP contribution in [0.2, 0.25) is 5.02 Å². The number of hydrogen-bond acceptors (Lipinski definition) is 4. The summed E-state index contributed by atoms with van der Waals surface area (Å²) in [4.78, 5) is 17.0. The summed E-state index contributed by atoms with van der Waals surface area (Å²) in [6.45, 7) is 0.592. The number of sulfonamides is 1. The van der Waals surface area contributed by atoms with Crippen molar-refractivity contribution in [3.8, 4) is 0 Å². The lowest BCUT2D eigenvalue weighted by Crippen LogP contribution is -2.41. The minimum Gasteiger partial charge on any atom is -0.326 e. The largest absolute Gasteiger partial charge is 0.326 e. The van der Waals surface area contributed by atoms with Gasteiger partial charge >= 0.3 is 0 Å². The predicted molar refractivity (Wildman–Crippen MR) is 113 cm³/mol. The topological polar surface area (TPSA) is 79.4 Å². The van der Waals surface area contributed by atoms with E-state index >= 15 is 0 Å². The van der Waals surface area contributed by atoms with Crippen LogP contribution in [-0.4, -0.2) is 36.7 Å². The molecular formula is C21H20ClN3O3S. The number of hydrogen-bond donors (Lipinski definition) is 1. The maximum Gasteiger partial charge on any atom is 0.245 e. The summed E-state index contributed by atoms with van der Waals surface area (Å²) in [6, 6.07) is 15.7. The highest BCUT2D eigenvalue weighted by Crippen LogP contribution is 2.28. The molecule has 3 aromatic rings. The number of piperidine rings is 1. The van der Waals surface area contributed by atoms with Crippen LogP contribution in [0.1, 0.15) is 12.8 Å². The lowest BCUT2D eigenvalue weighted by molar-refractivity contribution is -0.120. The maximum absolute atomic E-state index is 13.2. The van der Waals surface area contributed by atoms with Gasteiger partial charge in [-0.05, 0) is 49.2 Å². The monoisotopic (exact) mass is 429 g/mol. The van der Waals surface area contributed by atoms with Gasteiger partial charge in [0.25, 0.3) is 0 Å². The Bertz CT molecular complexity index is 1140. The van der Waals surface area contributed by atoms with Crippen molar-refractivity contribution in [2.75, 3.05) is 18.4 Å². The molecule has 0 atom stereocenters. The van der Waals surface area contributed by atoms with E-state index in [2.05, 4.69) is 10.3 Å². The average Bonchev–Trinajstić information content (AvgIpc) is 2.75. The molecule has 29 heavy (non-hydrogen) atoms. The highest BCUT2D eigenvalue weighted by Gasteiger charge is 2.33. The van der Waals surface area contributed by atoms with Crippen LogP contribution < -0.4 is 5.32 Å². The Morgan fingerprint density at radius 2 is 1.72 bits per heavy atom. The Balaban J connectivity index is 1.46. The normalized spacial score (nSPS) is 16.0. The number of rotatable bonds is 4. The number of carbonyl (C=O) groups excluding carboxylic acids is 1. The second kappa shape index (κ2) is 8.10. The van der Waals surface area contributed by atoms with Crippen LogP contribution in [0.4, 0.5) is 5.69 Å². The molecule has 1 aromatic heterocycles. The Hall–Kier alpha value is -2.48. The number of pyridine rings is 1. The minimum absolute atomic E-state index is 0.101. The number of amides is 1. The number of fused-ring (bicyclic) bond motifs is 1. The molecule has 1 saturated heterocycles. The molecule has 150 valence electrons. The van der Waals surface area contributed by atoms with Gasteiger partial charge in [0.05, 0.1) is 5.52 Å². The van der Waals surface area contributed by atoms with Gasteiger partial charge in [-0.3, -0.25) is 9.78 Å². The number of nitrogens with zero attached hydrogens (tertiary/aromatic N) is 2. The van der Waals surface area contributed by atoms with E-state index in [0.717, 1.165) is 5.39 Å². The van der Waals surface area contributed by atoms with Crippen molar-refractivity contribution in [3.05, 3.63) is 65.8 Å². The maximum atomic E-state index is 13.2. The molecule has 8 heteroatoms. The van der Waals surface area contributed by atoms with Crippen molar-refractivity contribution in [1.82, 2.24) is 9.29 Å². The molecule has 0 spiro atoms. The third-order valence-electron chi connectivity index (χ3n) is 5.15. The van der Waals surface area contributed by atoms with E-state index in [1.54, 1.807) is 48.7 Å². The molecule has 0 aliphatic carbocycles. The number of carbonyl (C=O) groups is 1. The van der Waals surface area contributed by atoms with Crippen LogP contribution in [0.3, 0.4) is 0 Å². The Kier molecular flexibility index (Phi) is 5.54. The number of aromatic nitrogens is 1. The van der Waals surface area contributed by atoms with Crippen LogP contribution in [-0.2, 0) is 14.8 Å². The van der Waals surface area contributed by atoms with Crippen molar-refractivity contribution in [2.24, 2.45) is 5.92 Å². The lowest BCUT2D eigenvalue weighted by Gasteiger charge is -2.30. The average molecular weight is 430 g/mol. The van der Waals surface area contributed by atoms with Crippen LogP contribution in [0.5, 0.6) is 0 Å². The summed E-state index contributed by atoms with van der Waals surface area (Å²) in [5.41, 5.74) is 1.15. The summed E-state index contributed by atoms with van der Waals surface area (Å²) in [5.74, 6) is -0.334. The molecule has 2 heterocycles. The Labute approximate surface area is 174 Å². The first-order valence-electron chi connectivity index (χ1n) is 9.35. The van der Waals surface area contributed by atoms with Crippen LogP contribution >= 0.6 is 11.6 Å². The first kappa shape index (κ1) is 19.8. The number of nitrogens with one attached hydrogen (secondary N) is 1. The van der Waals surface area contributed by atoms with Gasteiger partial charge in [0.2, 0.25) is 15.9 Å². The van der Waals surface area contributed by atoms with Gasteiger partial charge in [0, 0.05) is 41.3 Å². The SMILES string of the molecule is O=C(Nc1ccc(Cl)cc1)C1CCN(S(=O)(=O)c2cccc3cccnc23)CC1. The zero-order valence-electron chi connectivity index (χ0n) is 15.6. The van der Waals surface area contributed by atoms with Gasteiger partial charge < -0.3 is 5.32 Å².